The van der Waals surface area contributed by atoms with Crippen molar-refractivity contribution >= 4 is 40.2 Å². The SMILES string of the molecule is CC(C)(C)CCn1c(O)c(C2=N[P+](C)(O)c3cc(NS(C)(=O)=O)ccc3N2)c(O)c1C(C)(C)C. The molecule has 0 bridgehead atoms. The number of nitrogens with zero attached hydrogens (tertiary/aromatic N) is 2. The molecule has 3 rings (SSSR count). The van der Waals surface area contributed by atoms with Crippen molar-refractivity contribution in [2.45, 2.75) is 59.9 Å². The van der Waals surface area contributed by atoms with Crippen LogP contribution in [-0.2, 0) is 22.0 Å². The Bertz CT molecular complexity index is 1250. The van der Waals surface area contributed by atoms with Crippen molar-refractivity contribution in [1.29, 1.82) is 0 Å². The summed E-state index contributed by atoms with van der Waals surface area (Å²) in [7, 11) is -6.59. The minimum Gasteiger partial charge on any atom is -0.505 e. The highest BCUT2D eigenvalue weighted by Gasteiger charge is 2.43. The number of benzene rings is 1. The van der Waals surface area contributed by atoms with Gasteiger partial charge in [-0.15, -0.1) is 0 Å². The molecule has 1 unspecified atom stereocenters. The van der Waals surface area contributed by atoms with E-state index in [1.807, 2.05) is 20.8 Å². The van der Waals surface area contributed by atoms with Gasteiger partial charge in [0.15, 0.2) is 16.9 Å². The highest BCUT2D eigenvalue weighted by atomic mass is 32.2. The minimum atomic E-state index is -3.48. The van der Waals surface area contributed by atoms with Crippen LogP contribution in [0.5, 0.6) is 11.6 Å². The van der Waals surface area contributed by atoms with E-state index < -0.39 is 23.1 Å². The first kappa shape index (κ1) is 26.3. The van der Waals surface area contributed by atoms with E-state index in [1.54, 1.807) is 29.4 Å². The molecule has 0 amide bonds. The quantitative estimate of drug-likeness (QED) is 0.386. The second kappa shape index (κ2) is 8.43. The highest BCUT2D eigenvalue weighted by Crippen LogP contribution is 2.56. The summed E-state index contributed by atoms with van der Waals surface area (Å²) in [6.07, 6.45) is 1.83. The minimum absolute atomic E-state index is 0.0219. The van der Waals surface area contributed by atoms with Crippen molar-refractivity contribution in [1.82, 2.24) is 4.57 Å². The second-order valence-corrected chi connectivity index (χ2v) is 15.5. The lowest BCUT2D eigenvalue weighted by molar-refractivity contribution is 0.319. The maximum Gasteiger partial charge on any atom is 0.292 e. The number of aromatic hydroxyl groups is 2. The van der Waals surface area contributed by atoms with E-state index in [4.69, 9.17) is 0 Å². The van der Waals surface area contributed by atoms with E-state index in [1.165, 1.54) is 0 Å². The Morgan fingerprint density at radius 1 is 1.15 bits per heavy atom. The molecule has 2 heterocycles. The number of amidine groups is 1. The molecule has 1 aliphatic heterocycles. The van der Waals surface area contributed by atoms with Gasteiger partial charge in [-0.25, -0.2) is 13.3 Å². The third-order valence-corrected chi connectivity index (χ3v) is 8.03. The molecule has 0 saturated heterocycles. The van der Waals surface area contributed by atoms with Gasteiger partial charge in [-0.1, -0.05) is 46.3 Å². The van der Waals surface area contributed by atoms with Crippen LogP contribution in [0.15, 0.2) is 23.0 Å². The third kappa shape index (κ3) is 5.50. The van der Waals surface area contributed by atoms with Gasteiger partial charge in [0, 0.05) is 18.0 Å². The zero-order valence-corrected chi connectivity index (χ0v) is 22.8. The summed E-state index contributed by atoms with van der Waals surface area (Å²) in [5.74, 6) is -0.0228. The number of hydrogen-bond acceptors (Lipinski definition) is 7. The monoisotopic (exact) mass is 511 g/mol. The van der Waals surface area contributed by atoms with Gasteiger partial charge in [-0.05, 0) is 24.0 Å². The largest absolute Gasteiger partial charge is 0.505 e. The van der Waals surface area contributed by atoms with Crippen LogP contribution in [0, 0.1) is 5.41 Å². The molecular formula is C23H36N4O5PS+. The Morgan fingerprint density at radius 2 is 1.76 bits per heavy atom. The van der Waals surface area contributed by atoms with E-state index in [0.29, 0.717) is 28.9 Å². The number of hydrogen-bond donors (Lipinski definition) is 5. The molecule has 1 aromatic carbocycles. The lowest BCUT2D eigenvalue weighted by Crippen LogP contribution is -2.27. The molecule has 2 aromatic rings. The lowest BCUT2D eigenvalue weighted by atomic mass is 9.89. The maximum absolute atomic E-state index is 11.6. The normalized spacial score (nSPS) is 18.8. The van der Waals surface area contributed by atoms with Crippen LogP contribution in [0.1, 0.15) is 59.2 Å². The molecule has 0 radical (unpaired) electrons. The molecule has 11 heteroatoms. The van der Waals surface area contributed by atoms with E-state index in [0.717, 1.165) is 12.7 Å². The van der Waals surface area contributed by atoms with Crippen molar-refractivity contribution in [3.8, 4) is 11.6 Å². The standard InChI is InChI=1S/C23H35N4O5PS/c1-22(2,3)11-12-27-19(23(4,5)6)18(28)17(21(27)29)20-24-15-10-9-14(26-34(8,31)32)13-16(15)33(7,30)25-20/h9-10,13,26,30H,11-12H2,1-8H3,(H2-,24,25,28,29)/p+1. The van der Waals surface area contributed by atoms with Gasteiger partial charge in [0.25, 0.3) is 7.64 Å². The third-order valence-electron chi connectivity index (χ3n) is 5.55. The van der Waals surface area contributed by atoms with E-state index in [-0.39, 0.29) is 28.4 Å². The fraction of sp³-hybridized carbons (Fsp3) is 0.522. The number of rotatable bonds is 5. The first-order valence-corrected chi connectivity index (χ1v) is 15.1. The first-order valence-electron chi connectivity index (χ1n) is 11.0. The molecule has 9 nitrogen and oxygen atoms in total. The predicted molar refractivity (Wildman–Crippen MR) is 140 cm³/mol. The predicted octanol–water partition coefficient (Wildman–Crippen LogP) is 3.97. The second-order valence-electron chi connectivity index (χ2n) is 11.2. The van der Waals surface area contributed by atoms with Crippen LogP contribution in [-0.4, -0.2) is 46.8 Å². The maximum atomic E-state index is 11.6. The van der Waals surface area contributed by atoms with Crippen molar-refractivity contribution in [3.63, 3.8) is 0 Å². The van der Waals surface area contributed by atoms with Crippen LogP contribution in [0.4, 0.5) is 11.4 Å². The summed E-state index contributed by atoms with van der Waals surface area (Å²) < 4.78 is 31.8. The first-order chi connectivity index (χ1) is 15.3. The topological polar surface area (TPSA) is 136 Å². The molecule has 0 fully saturated rings. The van der Waals surface area contributed by atoms with Crippen LogP contribution in [0.3, 0.4) is 0 Å². The molecule has 188 valence electrons. The molecule has 1 atom stereocenters. The van der Waals surface area contributed by atoms with E-state index in [2.05, 4.69) is 35.6 Å². The van der Waals surface area contributed by atoms with Gasteiger partial charge >= 0.3 is 0 Å². The Labute approximate surface area is 202 Å². The number of anilines is 2. The number of aromatic nitrogens is 1. The van der Waals surface area contributed by atoms with Gasteiger partial charge in [0.1, 0.15) is 12.2 Å². The number of nitrogens with one attached hydrogen (secondary N) is 2. The Morgan fingerprint density at radius 3 is 2.29 bits per heavy atom. The summed E-state index contributed by atoms with van der Waals surface area (Å²) in [5.41, 5.74) is 1.13. The summed E-state index contributed by atoms with van der Waals surface area (Å²) in [6, 6.07) is 4.76. The number of sulfonamides is 1. The Hall–Kier alpha value is -2.29. The fourth-order valence-electron chi connectivity index (χ4n) is 4.02. The Kier molecular flexibility index (Phi) is 6.52. The molecule has 34 heavy (non-hydrogen) atoms. The highest BCUT2D eigenvalue weighted by molar-refractivity contribution is 7.92. The van der Waals surface area contributed by atoms with Crippen molar-refractivity contribution in [2.24, 2.45) is 10.2 Å². The van der Waals surface area contributed by atoms with Crippen molar-refractivity contribution < 1.29 is 23.5 Å². The van der Waals surface area contributed by atoms with Gasteiger partial charge in [0.05, 0.1) is 23.3 Å². The van der Waals surface area contributed by atoms with E-state index >= 15 is 0 Å². The summed E-state index contributed by atoms with van der Waals surface area (Å²) in [6.45, 7) is 14.3. The van der Waals surface area contributed by atoms with Crippen LogP contribution in [0.2, 0.25) is 0 Å². The molecule has 0 aliphatic carbocycles. The fourth-order valence-corrected chi connectivity index (χ4v) is 6.19. The van der Waals surface area contributed by atoms with Crippen molar-refractivity contribution in [2.75, 3.05) is 23.0 Å². The molecule has 0 spiro atoms. The molecule has 1 aliphatic rings. The summed E-state index contributed by atoms with van der Waals surface area (Å²) in [4.78, 5) is 11.2. The van der Waals surface area contributed by atoms with Crippen LogP contribution >= 0.6 is 7.64 Å². The average Bonchev–Trinajstić information content (AvgIpc) is 2.88. The average molecular weight is 512 g/mol. The summed E-state index contributed by atoms with van der Waals surface area (Å²) >= 11 is 0. The Balaban J connectivity index is 2.12. The lowest BCUT2D eigenvalue weighted by Gasteiger charge is -2.25. The van der Waals surface area contributed by atoms with Gasteiger partial charge in [0.2, 0.25) is 15.9 Å². The zero-order chi connectivity index (χ0) is 25.9. The molecule has 5 N–H and O–H groups in total. The molecule has 1 aromatic heterocycles. The smallest absolute Gasteiger partial charge is 0.292 e. The molecular weight excluding hydrogens is 475 g/mol. The van der Waals surface area contributed by atoms with Gasteiger partial charge in [-0.2, -0.15) is 0 Å². The van der Waals surface area contributed by atoms with Crippen LogP contribution < -0.4 is 15.3 Å². The van der Waals surface area contributed by atoms with E-state index in [9.17, 15) is 23.5 Å². The van der Waals surface area contributed by atoms with Crippen LogP contribution in [0.25, 0.3) is 0 Å². The van der Waals surface area contributed by atoms with Gasteiger partial charge in [-0.3, -0.25) is 4.72 Å². The number of fused-ring (bicyclic) bond motifs is 1. The summed E-state index contributed by atoms with van der Waals surface area (Å²) in [5, 5.41) is 26.1. The van der Waals surface area contributed by atoms with Gasteiger partial charge < -0.3 is 20.1 Å². The molecule has 0 saturated carbocycles. The zero-order valence-electron chi connectivity index (χ0n) is 21.1. The van der Waals surface area contributed by atoms with Crippen molar-refractivity contribution in [3.05, 3.63) is 29.5 Å².